The lowest BCUT2D eigenvalue weighted by Gasteiger charge is -2.07. The maximum atomic E-state index is 12.3. The van der Waals surface area contributed by atoms with E-state index in [4.69, 9.17) is 23.2 Å². The molecule has 0 fully saturated rings. The van der Waals surface area contributed by atoms with Crippen LogP contribution in [-0.2, 0) is 14.8 Å². The van der Waals surface area contributed by atoms with Gasteiger partial charge in [0.15, 0.2) is 5.13 Å². The average Bonchev–Trinajstić information content (AvgIpc) is 3.16. The van der Waals surface area contributed by atoms with Gasteiger partial charge in [0, 0.05) is 23.3 Å². The SMILES string of the molecule is O=C(/C=C/c1cccc(Cl)c1Cl)Nc1ccc(S(=O)(=O)Nc2nccs2)cc1. The summed E-state index contributed by atoms with van der Waals surface area (Å²) in [5, 5.41) is 5.34. The summed E-state index contributed by atoms with van der Waals surface area (Å²) in [5.41, 5.74) is 1.05. The third kappa shape index (κ3) is 5.11. The monoisotopic (exact) mass is 453 g/mol. The van der Waals surface area contributed by atoms with Gasteiger partial charge in [-0.1, -0.05) is 35.3 Å². The number of anilines is 2. The zero-order valence-electron chi connectivity index (χ0n) is 14.1. The van der Waals surface area contributed by atoms with Gasteiger partial charge in [-0.25, -0.2) is 13.4 Å². The van der Waals surface area contributed by atoms with Gasteiger partial charge in [-0.15, -0.1) is 11.3 Å². The highest BCUT2D eigenvalue weighted by molar-refractivity contribution is 7.93. The Labute approximate surface area is 175 Å². The molecule has 2 N–H and O–H groups in total. The Kier molecular flexibility index (Phi) is 6.35. The molecule has 144 valence electrons. The summed E-state index contributed by atoms with van der Waals surface area (Å²) < 4.78 is 27.0. The number of sulfonamides is 1. The summed E-state index contributed by atoms with van der Waals surface area (Å²) in [5.74, 6) is -0.396. The largest absolute Gasteiger partial charge is 0.323 e. The van der Waals surface area contributed by atoms with Gasteiger partial charge >= 0.3 is 0 Å². The molecule has 0 spiro atoms. The van der Waals surface area contributed by atoms with Crippen LogP contribution in [0.5, 0.6) is 0 Å². The Hall–Kier alpha value is -2.39. The molecule has 10 heteroatoms. The van der Waals surface area contributed by atoms with Crippen molar-refractivity contribution in [2.75, 3.05) is 10.0 Å². The van der Waals surface area contributed by atoms with E-state index in [1.807, 2.05) is 0 Å². The average molecular weight is 454 g/mol. The molecule has 2 aromatic carbocycles. The third-order valence-corrected chi connectivity index (χ3v) is 6.49. The van der Waals surface area contributed by atoms with E-state index in [-0.39, 0.29) is 10.0 Å². The number of rotatable bonds is 6. The Balaban J connectivity index is 1.66. The highest BCUT2D eigenvalue weighted by Gasteiger charge is 2.15. The number of benzene rings is 2. The van der Waals surface area contributed by atoms with Gasteiger partial charge in [0.25, 0.3) is 10.0 Å². The molecule has 3 rings (SSSR count). The molecule has 0 radical (unpaired) electrons. The molecule has 0 saturated carbocycles. The summed E-state index contributed by atoms with van der Waals surface area (Å²) in [7, 11) is -3.74. The van der Waals surface area contributed by atoms with E-state index in [1.54, 1.807) is 29.7 Å². The van der Waals surface area contributed by atoms with Gasteiger partial charge in [-0.2, -0.15) is 0 Å². The van der Waals surface area contributed by atoms with Crippen LogP contribution in [-0.4, -0.2) is 19.3 Å². The molecule has 6 nitrogen and oxygen atoms in total. The molecule has 0 aliphatic rings. The van der Waals surface area contributed by atoms with Crippen molar-refractivity contribution in [3.8, 4) is 0 Å². The molecule has 28 heavy (non-hydrogen) atoms. The molecule has 0 aliphatic heterocycles. The van der Waals surface area contributed by atoms with Gasteiger partial charge in [0.05, 0.1) is 14.9 Å². The quantitative estimate of drug-likeness (QED) is 0.519. The first-order valence-electron chi connectivity index (χ1n) is 7.80. The predicted octanol–water partition coefficient (Wildman–Crippen LogP) is 4.90. The van der Waals surface area contributed by atoms with Crippen LogP contribution in [0.4, 0.5) is 10.8 Å². The van der Waals surface area contributed by atoms with E-state index in [0.29, 0.717) is 21.3 Å². The zero-order valence-corrected chi connectivity index (χ0v) is 17.2. The molecule has 1 amide bonds. The minimum Gasteiger partial charge on any atom is -0.323 e. The molecule has 0 aliphatic carbocycles. The minimum absolute atomic E-state index is 0.0574. The van der Waals surface area contributed by atoms with Gasteiger partial charge in [0.1, 0.15) is 0 Å². The molecule has 1 aromatic heterocycles. The number of halogens is 2. The van der Waals surface area contributed by atoms with Crippen LogP contribution in [0.2, 0.25) is 10.0 Å². The predicted molar refractivity (Wildman–Crippen MR) is 113 cm³/mol. The van der Waals surface area contributed by atoms with Gasteiger partial charge < -0.3 is 5.32 Å². The lowest BCUT2D eigenvalue weighted by Crippen LogP contribution is -2.13. The van der Waals surface area contributed by atoms with E-state index in [1.165, 1.54) is 47.9 Å². The van der Waals surface area contributed by atoms with Crippen molar-refractivity contribution in [3.05, 3.63) is 75.7 Å². The van der Waals surface area contributed by atoms with Crippen LogP contribution < -0.4 is 10.0 Å². The fourth-order valence-electron chi connectivity index (χ4n) is 2.16. The zero-order chi connectivity index (χ0) is 20.1. The van der Waals surface area contributed by atoms with Crippen molar-refractivity contribution in [2.24, 2.45) is 0 Å². The number of aromatic nitrogens is 1. The maximum Gasteiger partial charge on any atom is 0.263 e. The molecule has 0 atom stereocenters. The Morgan fingerprint density at radius 1 is 1.11 bits per heavy atom. The van der Waals surface area contributed by atoms with Crippen molar-refractivity contribution in [1.82, 2.24) is 4.98 Å². The standard InChI is InChI=1S/C18H13Cl2N3O3S2/c19-15-3-1-2-12(17(15)20)4-9-16(24)22-13-5-7-14(8-6-13)28(25,26)23-18-21-10-11-27-18/h1-11H,(H,21,23)(H,22,24)/b9-4+. The van der Waals surface area contributed by atoms with E-state index >= 15 is 0 Å². The number of nitrogens with zero attached hydrogens (tertiary/aromatic N) is 1. The summed E-state index contributed by atoms with van der Waals surface area (Å²) in [4.78, 5) is 16.0. The van der Waals surface area contributed by atoms with Crippen LogP contribution >= 0.6 is 34.5 Å². The molecule has 0 unspecified atom stereocenters. The number of thiazole rings is 1. The molecule has 3 aromatic rings. The van der Waals surface area contributed by atoms with Crippen LogP contribution in [0.15, 0.2) is 65.0 Å². The molecular formula is C18H13Cl2N3O3S2. The molecule has 1 heterocycles. The van der Waals surface area contributed by atoms with Crippen molar-refractivity contribution in [1.29, 1.82) is 0 Å². The maximum absolute atomic E-state index is 12.3. The van der Waals surface area contributed by atoms with Gasteiger partial charge in [-0.3, -0.25) is 9.52 Å². The Morgan fingerprint density at radius 2 is 1.86 bits per heavy atom. The number of nitrogens with one attached hydrogen (secondary N) is 2. The molecule has 0 bridgehead atoms. The first kappa shape index (κ1) is 20.3. The molecule has 0 saturated heterocycles. The van der Waals surface area contributed by atoms with E-state index in [2.05, 4.69) is 15.0 Å². The van der Waals surface area contributed by atoms with Crippen molar-refractivity contribution < 1.29 is 13.2 Å². The fraction of sp³-hybridized carbons (Fsp3) is 0. The van der Waals surface area contributed by atoms with Gasteiger partial charge in [0.2, 0.25) is 5.91 Å². The summed E-state index contributed by atoms with van der Waals surface area (Å²) in [6, 6.07) is 10.9. The first-order valence-corrected chi connectivity index (χ1v) is 10.9. The number of carbonyl (C=O) groups excluding carboxylic acids is 1. The highest BCUT2D eigenvalue weighted by Crippen LogP contribution is 2.26. The second-order valence-electron chi connectivity index (χ2n) is 5.43. The van der Waals surface area contributed by atoms with Crippen molar-refractivity contribution >= 4 is 67.4 Å². The first-order chi connectivity index (χ1) is 13.3. The van der Waals surface area contributed by atoms with Crippen LogP contribution in [0.25, 0.3) is 6.08 Å². The van der Waals surface area contributed by atoms with Crippen molar-refractivity contribution in [3.63, 3.8) is 0 Å². The topological polar surface area (TPSA) is 88.2 Å². The summed E-state index contributed by atoms with van der Waals surface area (Å²) in [6.45, 7) is 0. The fourth-order valence-corrected chi connectivity index (χ4v) is 4.32. The number of amides is 1. The van der Waals surface area contributed by atoms with Crippen molar-refractivity contribution in [2.45, 2.75) is 4.90 Å². The second-order valence-corrected chi connectivity index (χ2v) is 8.79. The highest BCUT2D eigenvalue weighted by atomic mass is 35.5. The van der Waals surface area contributed by atoms with E-state index < -0.39 is 15.9 Å². The Morgan fingerprint density at radius 3 is 2.54 bits per heavy atom. The summed E-state index contributed by atoms with van der Waals surface area (Å²) >= 11 is 13.2. The Bertz CT molecular complexity index is 1110. The normalized spacial score (nSPS) is 11.5. The minimum atomic E-state index is -3.74. The number of carbonyl (C=O) groups is 1. The third-order valence-electron chi connectivity index (χ3n) is 3.48. The molecular weight excluding hydrogens is 441 g/mol. The van der Waals surface area contributed by atoms with E-state index in [0.717, 1.165) is 0 Å². The van der Waals surface area contributed by atoms with Gasteiger partial charge in [-0.05, 0) is 42.0 Å². The second kappa shape index (κ2) is 8.74. The lowest BCUT2D eigenvalue weighted by molar-refractivity contribution is -0.111. The number of hydrogen-bond acceptors (Lipinski definition) is 5. The van der Waals surface area contributed by atoms with Crippen LogP contribution in [0.1, 0.15) is 5.56 Å². The van der Waals surface area contributed by atoms with E-state index in [9.17, 15) is 13.2 Å². The smallest absolute Gasteiger partial charge is 0.263 e. The lowest BCUT2D eigenvalue weighted by atomic mass is 10.2. The van der Waals surface area contributed by atoms with Crippen LogP contribution in [0.3, 0.4) is 0 Å². The number of hydrogen-bond donors (Lipinski definition) is 2. The van der Waals surface area contributed by atoms with Crippen LogP contribution in [0, 0.1) is 0 Å². The summed E-state index contributed by atoms with van der Waals surface area (Å²) in [6.07, 6.45) is 4.36.